The molecule has 1 aromatic carbocycles. The smallest absolute Gasteiger partial charge is 0.329 e. The molecule has 20 heavy (non-hydrogen) atoms. The Morgan fingerprint density at radius 1 is 1.45 bits per heavy atom. The second-order valence-corrected chi connectivity index (χ2v) is 6.09. The highest BCUT2D eigenvalue weighted by atomic mass is 19.1. The van der Waals surface area contributed by atoms with E-state index in [9.17, 15) is 14.3 Å². The highest BCUT2D eigenvalue weighted by molar-refractivity contribution is 5.83. The van der Waals surface area contributed by atoms with Crippen molar-refractivity contribution in [1.29, 1.82) is 0 Å². The molecule has 1 aliphatic carbocycles. The predicted molar refractivity (Wildman–Crippen MR) is 77.2 cm³/mol. The normalized spacial score (nSPS) is 26.5. The Kier molecular flexibility index (Phi) is 4.31. The maximum Gasteiger partial charge on any atom is 0.329 e. The maximum atomic E-state index is 13.8. The molecular weight excluding hydrogens is 257 g/mol. The largest absolute Gasteiger partial charge is 0.480 e. The quantitative estimate of drug-likeness (QED) is 0.878. The second-order valence-electron chi connectivity index (χ2n) is 6.09. The first-order valence-corrected chi connectivity index (χ1v) is 7.21. The molecule has 2 N–H and O–H groups in total. The molecule has 0 bridgehead atoms. The molecule has 0 heterocycles. The Bertz CT molecular complexity index is 489. The summed E-state index contributed by atoms with van der Waals surface area (Å²) in [6.45, 7) is 4.23. The van der Waals surface area contributed by atoms with Gasteiger partial charge in [-0.05, 0) is 43.2 Å². The van der Waals surface area contributed by atoms with E-state index in [-0.39, 0.29) is 5.69 Å². The Balaban J connectivity index is 2.26. The number of carbonyl (C=O) groups is 1. The number of nitrogens with one attached hydrogen (secondary N) is 1. The van der Waals surface area contributed by atoms with Gasteiger partial charge in [0.15, 0.2) is 0 Å². The van der Waals surface area contributed by atoms with Crippen LogP contribution in [-0.2, 0) is 4.79 Å². The Hall–Kier alpha value is -1.58. The van der Waals surface area contributed by atoms with Gasteiger partial charge in [-0.1, -0.05) is 32.4 Å². The maximum absolute atomic E-state index is 13.8. The van der Waals surface area contributed by atoms with E-state index >= 15 is 0 Å². The fourth-order valence-electron chi connectivity index (χ4n) is 3.07. The van der Waals surface area contributed by atoms with E-state index in [4.69, 9.17) is 0 Å². The number of halogens is 1. The first-order valence-electron chi connectivity index (χ1n) is 7.21. The number of hydrogen-bond donors (Lipinski definition) is 2. The number of para-hydroxylation sites is 1. The molecule has 2 unspecified atom stereocenters. The summed E-state index contributed by atoms with van der Waals surface area (Å²) in [5.74, 6) is -0.485. The fraction of sp³-hybridized carbons (Fsp3) is 0.562. The van der Waals surface area contributed by atoms with E-state index in [2.05, 4.69) is 19.2 Å². The molecule has 1 aliphatic rings. The van der Waals surface area contributed by atoms with Crippen LogP contribution in [0.25, 0.3) is 0 Å². The minimum Gasteiger partial charge on any atom is -0.480 e. The summed E-state index contributed by atoms with van der Waals surface area (Å²) in [4.78, 5) is 11.8. The number of rotatable bonds is 4. The molecule has 0 saturated heterocycles. The molecule has 3 nitrogen and oxygen atoms in total. The average Bonchev–Trinajstić information content (AvgIpc) is 2.41. The SMILES string of the molecule is CC(C)C1CCCC(Nc2ccccc2F)(C(=O)O)C1. The lowest BCUT2D eigenvalue weighted by Crippen LogP contribution is -2.50. The van der Waals surface area contributed by atoms with E-state index in [1.165, 1.54) is 6.07 Å². The number of benzene rings is 1. The van der Waals surface area contributed by atoms with Crippen LogP contribution in [0.3, 0.4) is 0 Å². The first-order chi connectivity index (χ1) is 9.44. The molecule has 110 valence electrons. The van der Waals surface area contributed by atoms with Crippen molar-refractivity contribution < 1.29 is 14.3 Å². The lowest BCUT2D eigenvalue weighted by atomic mass is 9.71. The van der Waals surface area contributed by atoms with Gasteiger partial charge in [-0.15, -0.1) is 0 Å². The van der Waals surface area contributed by atoms with Crippen molar-refractivity contribution in [2.45, 2.75) is 45.1 Å². The van der Waals surface area contributed by atoms with E-state index < -0.39 is 17.3 Å². The van der Waals surface area contributed by atoms with Crippen LogP contribution in [0.15, 0.2) is 24.3 Å². The first kappa shape index (κ1) is 14.8. The van der Waals surface area contributed by atoms with Crippen LogP contribution in [-0.4, -0.2) is 16.6 Å². The van der Waals surface area contributed by atoms with Crippen molar-refractivity contribution in [1.82, 2.24) is 0 Å². The van der Waals surface area contributed by atoms with Crippen LogP contribution in [0.4, 0.5) is 10.1 Å². The van der Waals surface area contributed by atoms with Gasteiger partial charge in [-0.25, -0.2) is 9.18 Å². The molecule has 2 atom stereocenters. The summed E-state index contributed by atoms with van der Waals surface area (Å²) in [5, 5.41) is 12.6. The summed E-state index contributed by atoms with van der Waals surface area (Å²) >= 11 is 0. The number of hydrogen-bond acceptors (Lipinski definition) is 2. The lowest BCUT2D eigenvalue weighted by Gasteiger charge is -2.40. The van der Waals surface area contributed by atoms with Gasteiger partial charge in [-0.2, -0.15) is 0 Å². The zero-order valence-electron chi connectivity index (χ0n) is 12.0. The zero-order valence-corrected chi connectivity index (χ0v) is 12.0. The predicted octanol–water partition coefficient (Wildman–Crippen LogP) is 3.91. The molecule has 0 aromatic heterocycles. The third-order valence-corrected chi connectivity index (χ3v) is 4.39. The topological polar surface area (TPSA) is 49.3 Å². The summed E-state index contributed by atoms with van der Waals surface area (Å²) in [7, 11) is 0. The minimum absolute atomic E-state index is 0.277. The number of carboxylic acid groups (broad SMARTS) is 1. The highest BCUT2D eigenvalue weighted by Gasteiger charge is 2.43. The highest BCUT2D eigenvalue weighted by Crippen LogP contribution is 2.39. The number of aliphatic carboxylic acids is 1. The Morgan fingerprint density at radius 3 is 2.75 bits per heavy atom. The average molecular weight is 279 g/mol. The number of carboxylic acids is 1. The molecule has 0 radical (unpaired) electrons. The lowest BCUT2D eigenvalue weighted by molar-refractivity contribution is -0.144. The standard InChI is InChI=1S/C16H22FNO2/c1-11(2)12-6-5-9-16(10-12,15(19)20)18-14-8-4-3-7-13(14)17/h3-4,7-8,11-12,18H,5-6,9-10H2,1-2H3,(H,19,20). The molecular formula is C16H22FNO2. The summed E-state index contributed by atoms with van der Waals surface area (Å²) in [6.07, 6.45) is 3.00. The van der Waals surface area contributed by atoms with E-state index in [0.29, 0.717) is 24.7 Å². The van der Waals surface area contributed by atoms with Gasteiger partial charge in [0, 0.05) is 0 Å². The van der Waals surface area contributed by atoms with Crippen molar-refractivity contribution >= 4 is 11.7 Å². The summed E-state index contributed by atoms with van der Waals surface area (Å²) in [6, 6.07) is 6.26. The van der Waals surface area contributed by atoms with Gasteiger partial charge < -0.3 is 10.4 Å². The van der Waals surface area contributed by atoms with Gasteiger partial charge >= 0.3 is 5.97 Å². The van der Waals surface area contributed by atoms with Crippen LogP contribution in [0.1, 0.15) is 39.5 Å². The van der Waals surface area contributed by atoms with Gasteiger partial charge in [0.05, 0.1) is 5.69 Å². The van der Waals surface area contributed by atoms with Crippen molar-refractivity contribution in [2.75, 3.05) is 5.32 Å². The second kappa shape index (κ2) is 5.81. The molecule has 1 saturated carbocycles. The van der Waals surface area contributed by atoms with Gasteiger partial charge in [0.25, 0.3) is 0 Å². The molecule has 0 spiro atoms. The minimum atomic E-state index is -1.05. The van der Waals surface area contributed by atoms with Crippen LogP contribution in [0.2, 0.25) is 0 Å². The fourth-order valence-corrected chi connectivity index (χ4v) is 3.07. The van der Waals surface area contributed by atoms with Gasteiger partial charge in [-0.3, -0.25) is 0 Å². The monoisotopic (exact) mass is 279 g/mol. The summed E-state index contributed by atoms with van der Waals surface area (Å²) in [5.41, 5.74) is -0.769. The van der Waals surface area contributed by atoms with Crippen molar-refractivity contribution in [3.8, 4) is 0 Å². The van der Waals surface area contributed by atoms with Crippen LogP contribution in [0, 0.1) is 17.7 Å². The number of anilines is 1. The zero-order chi connectivity index (χ0) is 14.8. The third kappa shape index (κ3) is 2.94. The third-order valence-electron chi connectivity index (χ3n) is 4.39. The molecule has 2 rings (SSSR count). The van der Waals surface area contributed by atoms with Gasteiger partial charge in [0.1, 0.15) is 11.4 Å². The van der Waals surface area contributed by atoms with Gasteiger partial charge in [0.2, 0.25) is 0 Å². The summed E-state index contributed by atoms with van der Waals surface area (Å²) < 4.78 is 13.8. The van der Waals surface area contributed by atoms with Crippen LogP contribution >= 0.6 is 0 Å². The van der Waals surface area contributed by atoms with Crippen LogP contribution < -0.4 is 5.32 Å². The van der Waals surface area contributed by atoms with E-state index in [1.807, 2.05) is 0 Å². The molecule has 4 heteroatoms. The molecule has 0 aliphatic heterocycles. The Morgan fingerprint density at radius 2 is 2.15 bits per heavy atom. The van der Waals surface area contributed by atoms with Crippen molar-refractivity contribution in [3.63, 3.8) is 0 Å². The van der Waals surface area contributed by atoms with Crippen molar-refractivity contribution in [3.05, 3.63) is 30.1 Å². The Labute approximate surface area is 119 Å². The molecule has 1 fully saturated rings. The van der Waals surface area contributed by atoms with Crippen LogP contribution in [0.5, 0.6) is 0 Å². The molecule has 1 aromatic rings. The van der Waals surface area contributed by atoms with E-state index in [1.54, 1.807) is 18.2 Å². The van der Waals surface area contributed by atoms with Crippen molar-refractivity contribution in [2.24, 2.45) is 11.8 Å². The van der Waals surface area contributed by atoms with E-state index in [0.717, 1.165) is 12.8 Å². The molecule has 0 amide bonds.